The summed E-state index contributed by atoms with van der Waals surface area (Å²) in [5.74, 6) is 0.110. The number of nitrogens with zero attached hydrogens (tertiary/aromatic N) is 1. The zero-order valence-electron chi connectivity index (χ0n) is 9.88. The van der Waals surface area contributed by atoms with Crippen molar-refractivity contribution in [1.29, 1.82) is 0 Å². The molecule has 0 aromatic carbocycles. The molecule has 0 saturated carbocycles. The van der Waals surface area contributed by atoms with E-state index in [4.69, 9.17) is 0 Å². The number of hydrogen-bond acceptors (Lipinski definition) is 2. The monoisotopic (exact) mass is 284 g/mol. The number of carbonyl (C=O) groups excluding carboxylic acids is 1. The second-order valence-electron chi connectivity index (χ2n) is 4.01. The number of nitrogens with one attached hydrogen (secondary N) is 1. The Bertz CT molecular complexity index is 379. The van der Waals surface area contributed by atoms with Gasteiger partial charge >= 0.3 is 0 Å². The van der Waals surface area contributed by atoms with E-state index in [1.54, 1.807) is 6.20 Å². The zero-order valence-corrected chi connectivity index (χ0v) is 11.5. The number of pyridine rings is 1. The number of halogens is 1. The van der Waals surface area contributed by atoms with Crippen LogP contribution in [0.3, 0.4) is 0 Å². The molecule has 1 amide bonds. The van der Waals surface area contributed by atoms with Crippen molar-refractivity contribution >= 4 is 27.5 Å². The number of hydrogen-bond donors (Lipinski definition) is 1. The molecule has 16 heavy (non-hydrogen) atoms. The maximum atomic E-state index is 11.7. The van der Waals surface area contributed by atoms with Crippen molar-refractivity contribution in [2.24, 2.45) is 5.92 Å². The molecular weight excluding hydrogens is 268 g/mol. The average molecular weight is 285 g/mol. The van der Waals surface area contributed by atoms with Crippen molar-refractivity contribution in [2.75, 3.05) is 5.32 Å². The summed E-state index contributed by atoms with van der Waals surface area (Å²) in [7, 11) is 0. The molecule has 0 bridgehead atoms. The number of anilines is 1. The highest BCUT2D eigenvalue weighted by Crippen LogP contribution is 2.17. The first-order valence-corrected chi connectivity index (χ1v) is 6.27. The lowest BCUT2D eigenvalue weighted by atomic mass is 10.1. The van der Waals surface area contributed by atoms with Crippen molar-refractivity contribution in [3.05, 3.63) is 22.4 Å². The van der Waals surface area contributed by atoms with Crippen molar-refractivity contribution in [3.8, 4) is 0 Å². The molecule has 88 valence electrons. The molecule has 0 aliphatic rings. The van der Waals surface area contributed by atoms with Gasteiger partial charge in [-0.1, -0.05) is 20.3 Å². The lowest BCUT2D eigenvalue weighted by molar-refractivity contribution is -0.119. The van der Waals surface area contributed by atoms with Crippen LogP contribution in [0.2, 0.25) is 0 Å². The van der Waals surface area contributed by atoms with Gasteiger partial charge in [0.2, 0.25) is 5.91 Å². The predicted molar refractivity (Wildman–Crippen MR) is 69.4 cm³/mol. The van der Waals surface area contributed by atoms with E-state index in [9.17, 15) is 4.79 Å². The van der Waals surface area contributed by atoms with Crippen LogP contribution in [0.15, 0.2) is 16.9 Å². The largest absolute Gasteiger partial charge is 0.324 e. The van der Waals surface area contributed by atoms with Gasteiger partial charge in [-0.15, -0.1) is 0 Å². The average Bonchev–Trinajstić information content (AvgIpc) is 2.24. The Morgan fingerprint density at radius 1 is 1.62 bits per heavy atom. The molecule has 1 unspecified atom stereocenters. The van der Waals surface area contributed by atoms with Crippen LogP contribution in [-0.4, -0.2) is 10.9 Å². The number of aromatic nitrogens is 1. The minimum absolute atomic E-state index is 0.0500. The first kappa shape index (κ1) is 13.2. The van der Waals surface area contributed by atoms with Gasteiger partial charge in [0, 0.05) is 5.92 Å². The van der Waals surface area contributed by atoms with Gasteiger partial charge in [0.1, 0.15) is 4.60 Å². The van der Waals surface area contributed by atoms with Gasteiger partial charge in [-0.05, 0) is 40.9 Å². The molecule has 0 aliphatic carbocycles. The fourth-order valence-corrected chi connectivity index (χ4v) is 1.67. The maximum Gasteiger partial charge on any atom is 0.227 e. The van der Waals surface area contributed by atoms with Crippen LogP contribution < -0.4 is 5.32 Å². The van der Waals surface area contributed by atoms with Gasteiger partial charge < -0.3 is 5.32 Å². The Kier molecular flexibility index (Phi) is 4.93. The van der Waals surface area contributed by atoms with Crippen LogP contribution >= 0.6 is 15.9 Å². The first-order valence-electron chi connectivity index (χ1n) is 5.47. The lowest BCUT2D eigenvalue weighted by Gasteiger charge is -2.11. The topological polar surface area (TPSA) is 42.0 Å². The quantitative estimate of drug-likeness (QED) is 0.860. The summed E-state index contributed by atoms with van der Waals surface area (Å²) < 4.78 is 0.812. The summed E-state index contributed by atoms with van der Waals surface area (Å²) in [6.45, 7) is 5.97. The van der Waals surface area contributed by atoms with E-state index in [-0.39, 0.29) is 11.8 Å². The second-order valence-corrected chi connectivity index (χ2v) is 4.76. The molecule has 0 aliphatic heterocycles. The molecule has 1 heterocycles. The molecule has 1 N–H and O–H groups in total. The van der Waals surface area contributed by atoms with Gasteiger partial charge in [0.05, 0.1) is 11.9 Å². The van der Waals surface area contributed by atoms with Gasteiger partial charge in [-0.3, -0.25) is 4.79 Å². The lowest BCUT2D eigenvalue weighted by Crippen LogP contribution is -2.20. The highest BCUT2D eigenvalue weighted by Gasteiger charge is 2.12. The van der Waals surface area contributed by atoms with Gasteiger partial charge in [0.25, 0.3) is 0 Å². The third-order valence-corrected chi connectivity index (χ3v) is 3.28. The van der Waals surface area contributed by atoms with Gasteiger partial charge in [0.15, 0.2) is 0 Å². The summed E-state index contributed by atoms with van der Waals surface area (Å²) in [6, 6.07) is 1.91. The highest BCUT2D eigenvalue weighted by atomic mass is 79.9. The molecule has 0 fully saturated rings. The highest BCUT2D eigenvalue weighted by molar-refractivity contribution is 9.10. The number of rotatable bonds is 4. The third kappa shape index (κ3) is 3.59. The molecule has 1 aromatic rings. The standard InChI is InChI=1S/C12H17BrN2O/c1-4-5-8(2)12(16)15-10-6-9(3)11(13)14-7-10/h6-8H,4-5H2,1-3H3,(H,15,16). The maximum absolute atomic E-state index is 11.7. The summed E-state index contributed by atoms with van der Waals surface area (Å²) in [4.78, 5) is 15.9. The summed E-state index contributed by atoms with van der Waals surface area (Å²) in [5.41, 5.74) is 1.77. The second kappa shape index (κ2) is 5.99. The van der Waals surface area contributed by atoms with Crippen LogP contribution in [0.1, 0.15) is 32.3 Å². The Hall–Kier alpha value is -0.900. The van der Waals surface area contributed by atoms with E-state index in [1.165, 1.54) is 0 Å². The number of carbonyl (C=O) groups is 1. The van der Waals surface area contributed by atoms with Gasteiger partial charge in [-0.25, -0.2) is 4.98 Å². The van der Waals surface area contributed by atoms with Crippen LogP contribution in [-0.2, 0) is 4.79 Å². The van der Waals surface area contributed by atoms with E-state index in [0.717, 1.165) is 28.7 Å². The molecule has 0 radical (unpaired) electrons. The van der Waals surface area contributed by atoms with Crippen molar-refractivity contribution in [2.45, 2.75) is 33.6 Å². The molecule has 4 heteroatoms. The fraction of sp³-hybridized carbons (Fsp3) is 0.500. The molecule has 1 aromatic heterocycles. The van der Waals surface area contributed by atoms with Crippen LogP contribution in [0.5, 0.6) is 0 Å². The Morgan fingerprint density at radius 2 is 2.31 bits per heavy atom. The molecule has 3 nitrogen and oxygen atoms in total. The molecular formula is C12H17BrN2O. The molecule has 0 spiro atoms. The van der Waals surface area contributed by atoms with Crippen LogP contribution in [0.4, 0.5) is 5.69 Å². The smallest absolute Gasteiger partial charge is 0.227 e. The number of aryl methyl sites for hydroxylation is 1. The van der Waals surface area contributed by atoms with Crippen molar-refractivity contribution in [3.63, 3.8) is 0 Å². The summed E-state index contributed by atoms with van der Waals surface area (Å²) in [5, 5.41) is 2.87. The summed E-state index contributed by atoms with van der Waals surface area (Å²) in [6.07, 6.45) is 3.59. The van der Waals surface area contributed by atoms with Crippen molar-refractivity contribution in [1.82, 2.24) is 4.98 Å². The number of amides is 1. The predicted octanol–water partition coefficient (Wildman–Crippen LogP) is 3.53. The summed E-state index contributed by atoms with van der Waals surface area (Å²) >= 11 is 3.33. The van der Waals surface area contributed by atoms with Crippen LogP contribution in [0.25, 0.3) is 0 Å². The Morgan fingerprint density at radius 3 is 2.88 bits per heavy atom. The molecule has 1 atom stereocenters. The molecule has 0 saturated heterocycles. The first-order chi connectivity index (χ1) is 7.54. The molecule has 1 rings (SSSR count). The van der Waals surface area contributed by atoms with E-state index >= 15 is 0 Å². The van der Waals surface area contributed by atoms with E-state index < -0.39 is 0 Å². The zero-order chi connectivity index (χ0) is 12.1. The van der Waals surface area contributed by atoms with E-state index in [1.807, 2.05) is 19.9 Å². The minimum atomic E-state index is 0.0500. The normalized spacial score (nSPS) is 12.2. The Labute approximate surface area is 105 Å². The van der Waals surface area contributed by atoms with Crippen molar-refractivity contribution < 1.29 is 4.79 Å². The van der Waals surface area contributed by atoms with E-state index in [2.05, 4.69) is 33.2 Å². The van der Waals surface area contributed by atoms with E-state index in [0.29, 0.717) is 0 Å². The van der Waals surface area contributed by atoms with Gasteiger partial charge in [-0.2, -0.15) is 0 Å². The third-order valence-electron chi connectivity index (χ3n) is 2.45. The fourth-order valence-electron chi connectivity index (χ4n) is 1.46. The SMILES string of the molecule is CCCC(C)C(=O)Nc1cnc(Br)c(C)c1. The minimum Gasteiger partial charge on any atom is -0.324 e. The van der Waals surface area contributed by atoms with Crippen LogP contribution in [0, 0.1) is 12.8 Å². The Balaban J connectivity index is 2.66.